The standard InChI is InChI=1S/C15H24N2O2/c1-2-13(16)15(14-8-3-5-9-17-14)19-11-12-7-4-6-10-18-12/h3,5,8-9,12-13,15H,2,4,6-7,10-11,16H2,1H3. The lowest BCUT2D eigenvalue weighted by molar-refractivity contribution is -0.0704. The first-order chi connectivity index (χ1) is 9.31. The predicted molar refractivity (Wildman–Crippen MR) is 74.8 cm³/mol. The van der Waals surface area contributed by atoms with E-state index < -0.39 is 0 Å². The summed E-state index contributed by atoms with van der Waals surface area (Å²) in [6.07, 6.45) is 6.19. The first-order valence-corrected chi connectivity index (χ1v) is 7.21. The first-order valence-electron chi connectivity index (χ1n) is 7.21. The second kappa shape index (κ2) is 7.58. The van der Waals surface area contributed by atoms with Gasteiger partial charge in [-0.3, -0.25) is 4.98 Å². The Balaban J connectivity index is 1.94. The van der Waals surface area contributed by atoms with Crippen LogP contribution in [0.25, 0.3) is 0 Å². The summed E-state index contributed by atoms with van der Waals surface area (Å²) >= 11 is 0. The van der Waals surface area contributed by atoms with Crippen molar-refractivity contribution in [3.05, 3.63) is 30.1 Å². The largest absolute Gasteiger partial charge is 0.376 e. The fourth-order valence-electron chi connectivity index (χ4n) is 2.34. The number of hydrogen-bond acceptors (Lipinski definition) is 4. The molecule has 2 heterocycles. The minimum absolute atomic E-state index is 0.0292. The smallest absolute Gasteiger partial charge is 0.115 e. The summed E-state index contributed by atoms with van der Waals surface area (Å²) in [6.45, 7) is 3.53. The Hall–Kier alpha value is -0.970. The molecule has 1 aromatic rings. The van der Waals surface area contributed by atoms with Gasteiger partial charge in [0.1, 0.15) is 6.10 Å². The van der Waals surface area contributed by atoms with Crippen LogP contribution in [0.15, 0.2) is 24.4 Å². The van der Waals surface area contributed by atoms with Gasteiger partial charge in [0.2, 0.25) is 0 Å². The van der Waals surface area contributed by atoms with E-state index in [-0.39, 0.29) is 18.2 Å². The minimum atomic E-state index is -0.142. The zero-order valence-corrected chi connectivity index (χ0v) is 11.6. The van der Waals surface area contributed by atoms with Gasteiger partial charge in [-0.05, 0) is 37.8 Å². The Morgan fingerprint density at radius 1 is 1.47 bits per heavy atom. The molecule has 4 heteroatoms. The van der Waals surface area contributed by atoms with Crippen molar-refractivity contribution in [3.63, 3.8) is 0 Å². The molecule has 1 aliphatic rings. The highest BCUT2D eigenvalue weighted by atomic mass is 16.5. The lowest BCUT2D eigenvalue weighted by Crippen LogP contribution is -2.33. The number of nitrogens with zero attached hydrogens (tertiary/aromatic N) is 1. The summed E-state index contributed by atoms with van der Waals surface area (Å²) < 4.78 is 11.7. The molecular formula is C15H24N2O2. The Morgan fingerprint density at radius 2 is 2.37 bits per heavy atom. The van der Waals surface area contributed by atoms with Crippen molar-refractivity contribution in [2.75, 3.05) is 13.2 Å². The number of nitrogens with two attached hydrogens (primary N) is 1. The maximum absolute atomic E-state index is 6.16. The van der Waals surface area contributed by atoms with E-state index in [2.05, 4.69) is 11.9 Å². The molecule has 0 bridgehead atoms. The van der Waals surface area contributed by atoms with Crippen molar-refractivity contribution < 1.29 is 9.47 Å². The lowest BCUT2D eigenvalue weighted by Gasteiger charge is -2.27. The number of pyridine rings is 1. The van der Waals surface area contributed by atoms with Crippen molar-refractivity contribution >= 4 is 0 Å². The van der Waals surface area contributed by atoms with Crippen molar-refractivity contribution in [1.82, 2.24) is 4.98 Å². The SMILES string of the molecule is CCC(N)C(OCC1CCCCO1)c1ccccn1. The Labute approximate surface area is 115 Å². The average Bonchev–Trinajstić information content (AvgIpc) is 2.49. The lowest BCUT2D eigenvalue weighted by atomic mass is 10.1. The first kappa shape index (κ1) is 14.4. The fraction of sp³-hybridized carbons (Fsp3) is 0.667. The molecule has 1 fully saturated rings. The van der Waals surface area contributed by atoms with E-state index in [1.807, 2.05) is 18.2 Å². The van der Waals surface area contributed by atoms with Crippen LogP contribution < -0.4 is 5.73 Å². The molecule has 0 aliphatic carbocycles. The van der Waals surface area contributed by atoms with Crippen molar-refractivity contribution in [3.8, 4) is 0 Å². The van der Waals surface area contributed by atoms with Crippen LogP contribution in [-0.2, 0) is 9.47 Å². The Morgan fingerprint density at radius 3 is 3.00 bits per heavy atom. The summed E-state index contributed by atoms with van der Waals surface area (Å²) in [4.78, 5) is 4.37. The minimum Gasteiger partial charge on any atom is -0.376 e. The topological polar surface area (TPSA) is 57.4 Å². The van der Waals surface area contributed by atoms with E-state index in [9.17, 15) is 0 Å². The van der Waals surface area contributed by atoms with E-state index in [0.717, 1.165) is 31.6 Å². The molecule has 3 atom stereocenters. The molecule has 3 unspecified atom stereocenters. The van der Waals surface area contributed by atoms with Gasteiger partial charge < -0.3 is 15.2 Å². The maximum atomic E-state index is 6.16. The van der Waals surface area contributed by atoms with Crippen LogP contribution >= 0.6 is 0 Å². The molecule has 0 radical (unpaired) electrons. The van der Waals surface area contributed by atoms with E-state index in [1.165, 1.54) is 6.42 Å². The summed E-state index contributed by atoms with van der Waals surface area (Å²) in [7, 11) is 0. The van der Waals surface area contributed by atoms with E-state index in [4.69, 9.17) is 15.2 Å². The van der Waals surface area contributed by atoms with Crippen LogP contribution in [0.5, 0.6) is 0 Å². The molecule has 106 valence electrons. The van der Waals surface area contributed by atoms with Crippen molar-refractivity contribution in [1.29, 1.82) is 0 Å². The number of aromatic nitrogens is 1. The number of rotatable bonds is 6. The second-order valence-electron chi connectivity index (χ2n) is 5.07. The number of hydrogen-bond donors (Lipinski definition) is 1. The van der Waals surface area contributed by atoms with Gasteiger partial charge in [-0.15, -0.1) is 0 Å². The van der Waals surface area contributed by atoms with Crippen LogP contribution in [0.3, 0.4) is 0 Å². The molecule has 2 N–H and O–H groups in total. The Bertz CT molecular complexity index is 352. The molecule has 0 saturated carbocycles. The third-order valence-corrected chi connectivity index (χ3v) is 3.58. The third-order valence-electron chi connectivity index (χ3n) is 3.58. The zero-order valence-electron chi connectivity index (χ0n) is 11.6. The second-order valence-corrected chi connectivity index (χ2v) is 5.07. The summed E-state index contributed by atoms with van der Waals surface area (Å²) in [5.41, 5.74) is 7.07. The highest BCUT2D eigenvalue weighted by molar-refractivity contribution is 5.09. The highest BCUT2D eigenvalue weighted by Gasteiger charge is 2.23. The summed E-state index contributed by atoms with van der Waals surface area (Å²) in [5.74, 6) is 0. The zero-order chi connectivity index (χ0) is 13.5. The van der Waals surface area contributed by atoms with Gasteiger partial charge in [0.05, 0.1) is 18.4 Å². The van der Waals surface area contributed by atoms with Gasteiger partial charge in [-0.1, -0.05) is 13.0 Å². The van der Waals surface area contributed by atoms with E-state index in [0.29, 0.717) is 6.61 Å². The molecule has 1 saturated heterocycles. The Kier molecular flexibility index (Phi) is 5.76. The van der Waals surface area contributed by atoms with Crippen LogP contribution in [0.1, 0.15) is 44.4 Å². The van der Waals surface area contributed by atoms with Crippen LogP contribution in [0, 0.1) is 0 Å². The summed E-state index contributed by atoms with van der Waals surface area (Å²) in [6, 6.07) is 5.82. The average molecular weight is 264 g/mol. The third kappa shape index (κ3) is 4.27. The maximum Gasteiger partial charge on any atom is 0.115 e. The number of ether oxygens (including phenoxy) is 2. The highest BCUT2D eigenvalue weighted by Crippen LogP contribution is 2.22. The molecular weight excluding hydrogens is 240 g/mol. The van der Waals surface area contributed by atoms with Crippen LogP contribution in [0.4, 0.5) is 0 Å². The molecule has 0 amide bonds. The molecule has 1 aromatic heterocycles. The normalized spacial score (nSPS) is 22.9. The fourth-order valence-corrected chi connectivity index (χ4v) is 2.34. The molecule has 0 aromatic carbocycles. The van der Waals surface area contributed by atoms with E-state index in [1.54, 1.807) is 6.20 Å². The van der Waals surface area contributed by atoms with Gasteiger partial charge in [0.15, 0.2) is 0 Å². The van der Waals surface area contributed by atoms with Gasteiger partial charge in [-0.2, -0.15) is 0 Å². The predicted octanol–water partition coefficient (Wildman–Crippen LogP) is 2.45. The van der Waals surface area contributed by atoms with Crippen LogP contribution in [-0.4, -0.2) is 30.3 Å². The molecule has 2 rings (SSSR count). The molecule has 19 heavy (non-hydrogen) atoms. The van der Waals surface area contributed by atoms with E-state index >= 15 is 0 Å². The summed E-state index contributed by atoms with van der Waals surface area (Å²) in [5, 5.41) is 0. The molecule has 0 spiro atoms. The van der Waals surface area contributed by atoms with Gasteiger partial charge in [0, 0.05) is 18.8 Å². The van der Waals surface area contributed by atoms with Crippen molar-refractivity contribution in [2.24, 2.45) is 5.73 Å². The molecule has 4 nitrogen and oxygen atoms in total. The monoisotopic (exact) mass is 264 g/mol. The van der Waals surface area contributed by atoms with Gasteiger partial charge in [-0.25, -0.2) is 0 Å². The molecule has 1 aliphatic heterocycles. The van der Waals surface area contributed by atoms with Gasteiger partial charge >= 0.3 is 0 Å². The van der Waals surface area contributed by atoms with Crippen LogP contribution in [0.2, 0.25) is 0 Å². The van der Waals surface area contributed by atoms with Gasteiger partial charge in [0.25, 0.3) is 0 Å². The quantitative estimate of drug-likeness (QED) is 0.857. The van der Waals surface area contributed by atoms with Crippen molar-refractivity contribution in [2.45, 2.75) is 50.9 Å².